The van der Waals surface area contributed by atoms with Gasteiger partial charge < -0.3 is 15.3 Å². The summed E-state index contributed by atoms with van der Waals surface area (Å²) in [5.41, 5.74) is 3.13. The number of nitrogens with one attached hydrogen (secondary N) is 3. The van der Waals surface area contributed by atoms with E-state index in [0.29, 0.717) is 0 Å². The van der Waals surface area contributed by atoms with Gasteiger partial charge in [0.05, 0.1) is 11.0 Å². The van der Waals surface area contributed by atoms with Crippen LogP contribution < -0.4 is 5.32 Å². The number of rotatable bonds is 9. The van der Waals surface area contributed by atoms with E-state index < -0.39 is 0 Å². The van der Waals surface area contributed by atoms with Crippen LogP contribution in [-0.2, 0) is 19.4 Å². The van der Waals surface area contributed by atoms with E-state index in [-0.39, 0.29) is 0 Å². The zero-order valence-electron chi connectivity index (χ0n) is 14.0. The van der Waals surface area contributed by atoms with Crippen molar-refractivity contribution >= 4 is 22.6 Å². The second-order valence-corrected chi connectivity index (χ2v) is 6.52. The highest BCUT2D eigenvalue weighted by atomic mass is 35.5. The first-order valence-corrected chi connectivity index (χ1v) is 9.00. The van der Waals surface area contributed by atoms with Crippen LogP contribution in [0.5, 0.6) is 0 Å². The van der Waals surface area contributed by atoms with Crippen molar-refractivity contribution < 1.29 is 0 Å². The van der Waals surface area contributed by atoms with Crippen molar-refractivity contribution in [3.63, 3.8) is 0 Å². The van der Waals surface area contributed by atoms with Gasteiger partial charge in [-0.1, -0.05) is 24.9 Å². The highest BCUT2D eigenvalue weighted by molar-refractivity contribution is 6.31. The van der Waals surface area contributed by atoms with Gasteiger partial charge in [0.15, 0.2) is 0 Å². The maximum atomic E-state index is 6.00. The van der Waals surface area contributed by atoms with Gasteiger partial charge in [0.2, 0.25) is 0 Å². The SMILES string of the molecule is CCCCc1ncc(CNCCCc2nc3ccc(Cl)cc3[nH]2)[nH]1. The first-order valence-electron chi connectivity index (χ1n) is 8.62. The fraction of sp³-hybridized carbons (Fsp3) is 0.444. The first-order chi connectivity index (χ1) is 11.7. The maximum absolute atomic E-state index is 6.00. The van der Waals surface area contributed by atoms with Gasteiger partial charge >= 0.3 is 0 Å². The molecule has 0 fully saturated rings. The Morgan fingerprint density at radius 1 is 1.12 bits per heavy atom. The Morgan fingerprint density at radius 2 is 2.00 bits per heavy atom. The molecule has 3 N–H and O–H groups in total. The van der Waals surface area contributed by atoms with Gasteiger partial charge in [-0.15, -0.1) is 0 Å². The summed E-state index contributed by atoms with van der Waals surface area (Å²) in [6.07, 6.45) is 7.30. The van der Waals surface area contributed by atoms with Crippen molar-refractivity contribution in [3.05, 3.63) is 46.8 Å². The van der Waals surface area contributed by atoms with Crippen molar-refractivity contribution in [3.8, 4) is 0 Å². The lowest BCUT2D eigenvalue weighted by Gasteiger charge is -2.02. The summed E-state index contributed by atoms with van der Waals surface area (Å²) < 4.78 is 0. The molecule has 0 bridgehead atoms. The average molecular weight is 346 g/mol. The number of hydrogen-bond acceptors (Lipinski definition) is 3. The smallest absolute Gasteiger partial charge is 0.107 e. The number of aromatic amines is 2. The van der Waals surface area contributed by atoms with E-state index >= 15 is 0 Å². The Morgan fingerprint density at radius 3 is 2.88 bits per heavy atom. The van der Waals surface area contributed by atoms with Crippen LogP contribution in [0, 0.1) is 0 Å². The molecule has 0 amide bonds. The largest absolute Gasteiger partial charge is 0.345 e. The van der Waals surface area contributed by atoms with E-state index in [9.17, 15) is 0 Å². The van der Waals surface area contributed by atoms with Gasteiger partial charge in [0.1, 0.15) is 11.6 Å². The molecule has 24 heavy (non-hydrogen) atoms. The quantitative estimate of drug-likeness (QED) is 0.513. The summed E-state index contributed by atoms with van der Waals surface area (Å²) in [7, 11) is 0. The molecular weight excluding hydrogens is 322 g/mol. The van der Waals surface area contributed by atoms with Crippen molar-refractivity contribution in [2.75, 3.05) is 6.54 Å². The zero-order chi connectivity index (χ0) is 16.8. The zero-order valence-corrected chi connectivity index (χ0v) is 14.8. The minimum atomic E-state index is 0.734. The molecule has 0 radical (unpaired) electrons. The Kier molecular flexibility index (Phi) is 5.88. The Balaban J connectivity index is 1.39. The second kappa shape index (κ2) is 8.31. The van der Waals surface area contributed by atoms with Gasteiger partial charge in [-0.05, 0) is 37.6 Å². The minimum absolute atomic E-state index is 0.734. The van der Waals surface area contributed by atoms with Crippen LogP contribution >= 0.6 is 11.6 Å². The summed E-state index contributed by atoms with van der Waals surface area (Å²) in [4.78, 5) is 15.7. The molecular formula is C18H24ClN5. The molecule has 2 aromatic heterocycles. The highest BCUT2D eigenvalue weighted by Gasteiger charge is 2.04. The van der Waals surface area contributed by atoms with Gasteiger partial charge in [-0.2, -0.15) is 0 Å². The molecule has 0 saturated heterocycles. The minimum Gasteiger partial charge on any atom is -0.345 e. The predicted molar refractivity (Wildman–Crippen MR) is 98.3 cm³/mol. The average Bonchev–Trinajstić information content (AvgIpc) is 3.18. The molecule has 0 aliphatic rings. The van der Waals surface area contributed by atoms with Crippen LogP contribution in [0.2, 0.25) is 5.02 Å². The molecule has 3 aromatic rings. The fourth-order valence-electron chi connectivity index (χ4n) is 2.72. The van der Waals surface area contributed by atoms with E-state index in [1.807, 2.05) is 24.4 Å². The number of halogens is 1. The number of nitrogens with zero attached hydrogens (tertiary/aromatic N) is 2. The molecule has 5 nitrogen and oxygen atoms in total. The predicted octanol–water partition coefficient (Wildman–Crippen LogP) is 4.00. The molecule has 1 aromatic carbocycles. The molecule has 0 unspecified atom stereocenters. The highest BCUT2D eigenvalue weighted by Crippen LogP contribution is 2.17. The Bertz CT molecular complexity index is 777. The van der Waals surface area contributed by atoms with E-state index in [2.05, 4.69) is 32.2 Å². The third kappa shape index (κ3) is 4.58. The van der Waals surface area contributed by atoms with Gasteiger partial charge in [0, 0.05) is 36.3 Å². The van der Waals surface area contributed by atoms with Crippen LogP contribution in [0.4, 0.5) is 0 Å². The molecule has 6 heteroatoms. The van der Waals surface area contributed by atoms with E-state index in [4.69, 9.17) is 11.6 Å². The topological polar surface area (TPSA) is 69.4 Å². The molecule has 3 rings (SSSR count). The normalized spacial score (nSPS) is 11.4. The fourth-order valence-corrected chi connectivity index (χ4v) is 2.90. The molecule has 0 spiro atoms. The third-order valence-electron chi connectivity index (χ3n) is 4.02. The standard InChI is InChI=1S/C18H24ClN5/c1-2-3-5-17-21-12-14(22-17)11-20-9-4-6-18-23-15-8-7-13(19)10-16(15)24-18/h7-8,10,12,20H,2-6,9,11H2,1H3,(H,21,22)(H,23,24). The van der Waals surface area contributed by atoms with Crippen LogP contribution in [0.15, 0.2) is 24.4 Å². The number of benzene rings is 1. The van der Waals surface area contributed by atoms with Crippen molar-refractivity contribution in [2.24, 2.45) is 0 Å². The number of hydrogen-bond donors (Lipinski definition) is 3. The van der Waals surface area contributed by atoms with Gasteiger partial charge in [-0.25, -0.2) is 9.97 Å². The van der Waals surface area contributed by atoms with Crippen molar-refractivity contribution in [1.82, 2.24) is 25.3 Å². The number of aromatic nitrogens is 4. The molecule has 0 aliphatic heterocycles. The molecule has 128 valence electrons. The number of imidazole rings is 2. The van der Waals surface area contributed by atoms with E-state index in [1.54, 1.807) is 0 Å². The van der Waals surface area contributed by atoms with Crippen molar-refractivity contribution in [2.45, 2.75) is 45.6 Å². The number of aryl methyl sites for hydroxylation is 2. The van der Waals surface area contributed by atoms with Gasteiger partial charge in [-0.3, -0.25) is 0 Å². The van der Waals surface area contributed by atoms with Crippen molar-refractivity contribution in [1.29, 1.82) is 0 Å². The van der Waals surface area contributed by atoms with Crippen LogP contribution in [0.1, 0.15) is 43.5 Å². The Hall–Kier alpha value is -1.85. The monoisotopic (exact) mass is 345 g/mol. The summed E-state index contributed by atoms with van der Waals surface area (Å²) in [6, 6.07) is 5.74. The van der Waals surface area contributed by atoms with Crippen LogP contribution in [0.3, 0.4) is 0 Å². The second-order valence-electron chi connectivity index (χ2n) is 6.08. The first kappa shape index (κ1) is 17.0. The third-order valence-corrected chi connectivity index (χ3v) is 4.26. The lowest BCUT2D eigenvalue weighted by Crippen LogP contribution is -2.15. The summed E-state index contributed by atoms with van der Waals surface area (Å²) in [5.74, 6) is 2.10. The maximum Gasteiger partial charge on any atom is 0.107 e. The molecule has 0 atom stereocenters. The molecule has 0 aliphatic carbocycles. The lowest BCUT2D eigenvalue weighted by molar-refractivity contribution is 0.633. The molecule has 2 heterocycles. The Labute approximate surface area is 147 Å². The lowest BCUT2D eigenvalue weighted by atomic mass is 10.2. The molecule has 0 saturated carbocycles. The van der Waals surface area contributed by atoms with Gasteiger partial charge in [0.25, 0.3) is 0 Å². The summed E-state index contributed by atoms with van der Waals surface area (Å²) in [5, 5.41) is 4.18. The number of fused-ring (bicyclic) bond motifs is 1. The van der Waals surface area contributed by atoms with Crippen LogP contribution in [-0.4, -0.2) is 26.5 Å². The number of unbranched alkanes of at least 4 members (excludes halogenated alkanes) is 1. The van der Waals surface area contributed by atoms with Crippen LogP contribution in [0.25, 0.3) is 11.0 Å². The van der Waals surface area contributed by atoms with E-state index in [1.165, 1.54) is 12.8 Å². The summed E-state index contributed by atoms with van der Waals surface area (Å²) in [6.45, 7) is 3.97. The number of H-pyrrole nitrogens is 2. The summed E-state index contributed by atoms with van der Waals surface area (Å²) >= 11 is 6.00. The van der Waals surface area contributed by atoms with E-state index in [0.717, 1.165) is 65.8 Å².